The van der Waals surface area contributed by atoms with Crippen LogP contribution in [0.15, 0.2) is 48.0 Å². The third-order valence-corrected chi connectivity index (χ3v) is 2.92. The predicted molar refractivity (Wildman–Crippen MR) is 78.7 cm³/mol. The standard InChI is InChI=1S/C15H17BO3/c1-11(2)9-10-19-14-8-7-12-5-3-4-6-13(12)15(14)16(17)18/h3-9,17-18H,10H2,1-2H3. The van der Waals surface area contributed by atoms with Crippen LogP contribution in [-0.2, 0) is 0 Å². The van der Waals surface area contributed by atoms with Crippen molar-refractivity contribution < 1.29 is 14.8 Å². The Morgan fingerprint density at radius 1 is 1.16 bits per heavy atom. The Kier molecular flexibility index (Phi) is 4.25. The molecule has 98 valence electrons. The summed E-state index contributed by atoms with van der Waals surface area (Å²) in [5.41, 5.74) is 1.58. The number of allylic oxidation sites excluding steroid dienone is 1. The second kappa shape index (κ2) is 5.91. The molecule has 0 bridgehead atoms. The Labute approximate surface area is 113 Å². The highest BCUT2D eigenvalue weighted by atomic mass is 16.5. The molecule has 2 N–H and O–H groups in total. The average molecular weight is 256 g/mol. The second-order valence-electron chi connectivity index (χ2n) is 4.66. The van der Waals surface area contributed by atoms with E-state index in [4.69, 9.17) is 4.74 Å². The fourth-order valence-corrected chi connectivity index (χ4v) is 1.97. The fourth-order valence-electron chi connectivity index (χ4n) is 1.97. The number of hydrogen-bond acceptors (Lipinski definition) is 3. The zero-order chi connectivity index (χ0) is 13.8. The Morgan fingerprint density at radius 2 is 1.89 bits per heavy atom. The Balaban J connectivity index is 2.43. The van der Waals surface area contributed by atoms with E-state index >= 15 is 0 Å². The molecule has 0 radical (unpaired) electrons. The quantitative estimate of drug-likeness (QED) is 0.648. The smallest absolute Gasteiger partial charge is 0.490 e. The Hall–Kier alpha value is -1.78. The lowest BCUT2D eigenvalue weighted by atomic mass is 9.76. The van der Waals surface area contributed by atoms with Crippen molar-refractivity contribution in [2.24, 2.45) is 0 Å². The van der Waals surface area contributed by atoms with Gasteiger partial charge in [0.25, 0.3) is 0 Å². The van der Waals surface area contributed by atoms with E-state index in [0.29, 0.717) is 17.8 Å². The predicted octanol–water partition coefficient (Wildman–Crippen LogP) is 1.86. The van der Waals surface area contributed by atoms with Crippen LogP contribution in [0.4, 0.5) is 0 Å². The Morgan fingerprint density at radius 3 is 2.58 bits per heavy atom. The van der Waals surface area contributed by atoms with E-state index in [0.717, 1.165) is 16.3 Å². The van der Waals surface area contributed by atoms with Crippen molar-refractivity contribution in [2.75, 3.05) is 6.61 Å². The summed E-state index contributed by atoms with van der Waals surface area (Å²) in [7, 11) is -1.55. The van der Waals surface area contributed by atoms with Crippen LogP contribution in [-0.4, -0.2) is 23.8 Å². The zero-order valence-electron chi connectivity index (χ0n) is 11.1. The lowest BCUT2D eigenvalue weighted by Gasteiger charge is -2.13. The largest absolute Gasteiger partial charge is 0.492 e. The summed E-state index contributed by atoms with van der Waals surface area (Å²) in [6.07, 6.45) is 1.95. The van der Waals surface area contributed by atoms with Crippen molar-refractivity contribution in [3.8, 4) is 5.75 Å². The van der Waals surface area contributed by atoms with Gasteiger partial charge in [0.2, 0.25) is 0 Å². The fraction of sp³-hybridized carbons (Fsp3) is 0.200. The van der Waals surface area contributed by atoms with Gasteiger partial charge in [0, 0.05) is 5.46 Å². The first kappa shape index (κ1) is 13.7. The number of benzene rings is 2. The summed E-state index contributed by atoms with van der Waals surface area (Å²) in [6, 6.07) is 11.3. The van der Waals surface area contributed by atoms with Crippen LogP contribution in [0.2, 0.25) is 0 Å². The molecule has 0 heterocycles. The molecule has 2 aromatic rings. The maximum Gasteiger partial charge on any atom is 0.492 e. The molecule has 0 unspecified atom stereocenters. The molecular weight excluding hydrogens is 239 g/mol. The van der Waals surface area contributed by atoms with Gasteiger partial charge in [-0.25, -0.2) is 0 Å². The van der Waals surface area contributed by atoms with Gasteiger partial charge < -0.3 is 14.8 Å². The molecule has 0 saturated carbocycles. The van der Waals surface area contributed by atoms with E-state index in [1.165, 1.54) is 0 Å². The molecule has 2 aromatic carbocycles. The minimum atomic E-state index is -1.55. The molecule has 0 aliphatic carbocycles. The zero-order valence-corrected chi connectivity index (χ0v) is 11.1. The van der Waals surface area contributed by atoms with E-state index in [1.54, 1.807) is 6.07 Å². The van der Waals surface area contributed by atoms with Crippen LogP contribution in [0.3, 0.4) is 0 Å². The maximum atomic E-state index is 9.57. The lowest BCUT2D eigenvalue weighted by molar-refractivity contribution is 0.361. The molecule has 0 aromatic heterocycles. The average Bonchev–Trinajstić information content (AvgIpc) is 2.37. The first-order chi connectivity index (χ1) is 9.09. The van der Waals surface area contributed by atoms with Gasteiger partial charge in [-0.05, 0) is 36.8 Å². The van der Waals surface area contributed by atoms with Crippen molar-refractivity contribution in [1.29, 1.82) is 0 Å². The van der Waals surface area contributed by atoms with Gasteiger partial charge in [-0.3, -0.25) is 0 Å². The molecule has 0 spiro atoms. The monoisotopic (exact) mass is 256 g/mol. The molecule has 0 amide bonds. The highest BCUT2D eigenvalue weighted by Gasteiger charge is 2.20. The molecule has 0 aliphatic rings. The van der Waals surface area contributed by atoms with Crippen molar-refractivity contribution in [3.63, 3.8) is 0 Å². The van der Waals surface area contributed by atoms with Crippen LogP contribution in [0.1, 0.15) is 13.8 Å². The maximum absolute atomic E-state index is 9.57. The number of fused-ring (bicyclic) bond motifs is 1. The normalized spacial score (nSPS) is 10.3. The van der Waals surface area contributed by atoms with E-state index in [1.807, 2.05) is 50.3 Å². The summed E-state index contributed by atoms with van der Waals surface area (Å²) in [5, 5.41) is 20.9. The summed E-state index contributed by atoms with van der Waals surface area (Å²) >= 11 is 0. The minimum Gasteiger partial charge on any atom is -0.490 e. The number of ether oxygens (including phenoxy) is 1. The molecule has 2 rings (SSSR count). The van der Waals surface area contributed by atoms with Gasteiger partial charge in [0.1, 0.15) is 12.4 Å². The summed E-state index contributed by atoms with van der Waals surface area (Å²) in [4.78, 5) is 0. The van der Waals surface area contributed by atoms with Crippen molar-refractivity contribution in [3.05, 3.63) is 48.0 Å². The molecular formula is C15H17BO3. The van der Waals surface area contributed by atoms with Crippen LogP contribution < -0.4 is 10.2 Å². The highest BCUT2D eigenvalue weighted by Crippen LogP contribution is 2.19. The molecule has 3 nitrogen and oxygen atoms in total. The SMILES string of the molecule is CC(C)=CCOc1ccc2ccccc2c1B(O)O. The van der Waals surface area contributed by atoms with E-state index in [2.05, 4.69) is 0 Å². The number of rotatable bonds is 4. The van der Waals surface area contributed by atoms with Gasteiger partial charge in [-0.2, -0.15) is 0 Å². The molecule has 4 heteroatoms. The van der Waals surface area contributed by atoms with Crippen LogP contribution >= 0.6 is 0 Å². The minimum absolute atomic E-state index is 0.417. The molecule has 0 fully saturated rings. The van der Waals surface area contributed by atoms with Crippen LogP contribution in [0.5, 0.6) is 5.75 Å². The topological polar surface area (TPSA) is 49.7 Å². The van der Waals surface area contributed by atoms with E-state index < -0.39 is 7.12 Å². The first-order valence-electron chi connectivity index (χ1n) is 6.23. The lowest BCUT2D eigenvalue weighted by Crippen LogP contribution is -2.32. The van der Waals surface area contributed by atoms with Crippen molar-refractivity contribution in [1.82, 2.24) is 0 Å². The van der Waals surface area contributed by atoms with Gasteiger partial charge in [0.15, 0.2) is 0 Å². The summed E-state index contributed by atoms with van der Waals surface area (Å²) in [6.45, 7) is 4.40. The van der Waals surface area contributed by atoms with Gasteiger partial charge in [-0.15, -0.1) is 0 Å². The van der Waals surface area contributed by atoms with Crippen LogP contribution in [0.25, 0.3) is 10.8 Å². The third-order valence-electron chi connectivity index (χ3n) is 2.92. The van der Waals surface area contributed by atoms with Crippen LogP contribution in [0, 0.1) is 0 Å². The highest BCUT2D eigenvalue weighted by molar-refractivity contribution is 6.63. The van der Waals surface area contributed by atoms with Gasteiger partial charge >= 0.3 is 7.12 Å². The summed E-state index contributed by atoms with van der Waals surface area (Å²) < 4.78 is 5.62. The summed E-state index contributed by atoms with van der Waals surface area (Å²) in [5.74, 6) is 0.506. The van der Waals surface area contributed by atoms with Gasteiger partial charge in [0.05, 0.1) is 0 Å². The van der Waals surface area contributed by atoms with Crippen molar-refractivity contribution in [2.45, 2.75) is 13.8 Å². The molecule has 19 heavy (non-hydrogen) atoms. The first-order valence-corrected chi connectivity index (χ1v) is 6.23. The van der Waals surface area contributed by atoms with Gasteiger partial charge in [-0.1, -0.05) is 35.9 Å². The van der Waals surface area contributed by atoms with Crippen molar-refractivity contribution >= 4 is 23.4 Å². The molecule has 0 atom stereocenters. The second-order valence-corrected chi connectivity index (χ2v) is 4.66. The third kappa shape index (κ3) is 3.16. The van der Waals surface area contributed by atoms with E-state index in [-0.39, 0.29) is 0 Å². The number of hydrogen-bond donors (Lipinski definition) is 2. The molecule has 0 aliphatic heterocycles. The molecule has 0 saturated heterocycles. The Bertz CT molecular complexity index is 601. The van der Waals surface area contributed by atoms with E-state index in [9.17, 15) is 10.0 Å².